The number of halogens is 3. The zero-order valence-corrected chi connectivity index (χ0v) is 18.5. The minimum Gasteiger partial charge on any atom is -0.299 e. The van der Waals surface area contributed by atoms with Crippen molar-refractivity contribution in [2.75, 3.05) is 13.1 Å². The number of rotatable bonds is 9. The van der Waals surface area contributed by atoms with Gasteiger partial charge in [0.1, 0.15) is 0 Å². The summed E-state index contributed by atoms with van der Waals surface area (Å²) in [4.78, 5) is 2.48. The molecule has 1 saturated carbocycles. The van der Waals surface area contributed by atoms with Crippen LogP contribution in [0.1, 0.15) is 62.1 Å². The zero-order valence-electron chi connectivity index (χ0n) is 18.5. The summed E-state index contributed by atoms with van der Waals surface area (Å²) in [5, 5.41) is 7.32. The summed E-state index contributed by atoms with van der Waals surface area (Å²) in [6.07, 6.45) is -0.00458. The Labute approximate surface area is 184 Å². The van der Waals surface area contributed by atoms with E-state index in [4.69, 9.17) is 5.26 Å². The first-order valence-corrected chi connectivity index (χ1v) is 11.1. The van der Waals surface area contributed by atoms with Crippen molar-refractivity contribution in [3.8, 4) is 6.07 Å². The molecule has 0 bridgehead atoms. The van der Waals surface area contributed by atoms with E-state index in [1.54, 1.807) is 6.07 Å². The van der Waals surface area contributed by atoms with E-state index in [9.17, 15) is 13.2 Å². The van der Waals surface area contributed by atoms with Gasteiger partial charge >= 0.3 is 6.18 Å². The van der Waals surface area contributed by atoms with E-state index in [1.165, 1.54) is 18.1 Å². The van der Waals surface area contributed by atoms with Gasteiger partial charge in [-0.3, -0.25) is 4.90 Å². The van der Waals surface area contributed by atoms with E-state index in [0.717, 1.165) is 44.5 Å². The Morgan fingerprint density at radius 2 is 1.61 bits per heavy atom. The smallest absolute Gasteiger partial charge is 0.299 e. The van der Waals surface area contributed by atoms with Crippen molar-refractivity contribution in [1.82, 2.24) is 4.90 Å². The number of aryl methyl sites for hydroxylation is 1. The molecule has 0 saturated heterocycles. The molecule has 1 aliphatic carbocycles. The lowest BCUT2D eigenvalue weighted by atomic mass is 9.69. The molecule has 168 valence electrons. The quantitative estimate of drug-likeness (QED) is 0.424. The van der Waals surface area contributed by atoms with Gasteiger partial charge in [-0.1, -0.05) is 61.5 Å². The van der Waals surface area contributed by atoms with Gasteiger partial charge in [0.05, 0.1) is 12.0 Å². The lowest BCUT2D eigenvalue weighted by Crippen LogP contribution is -2.36. The van der Waals surface area contributed by atoms with Crippen LogP contribution in [-0.4, -0.2) is 24.2 Å². The van der Waals surface area contributed by atoms with Crippen molar-refractivity contribution in [3.05, 3.63) is 71.3 Å². The van der Waals surface area contributed by atoms with Crippen molar-refractivity contribution in [2.45, 2.75) is 64.6 Å². The van der Waals surface area contributed by atoms with Crippen molar-refractivity contribution in [3.63, 3.8) is 0 Å². The van der Waals surface area contributed by atoms with Gasteiger partial charge in [0.15, 0.2) is 0 Å². The number of hydrogen-bond donors (Lipinski definition) is 0. The van der Waals surface area contributed by atoms with Crippen LogP contribution in [0.15, 0.2) is 54.6 Å². The maximum Gasteiger partial charge on any atom is 0.392 e. The van der Waals surface area contributed by atoms with Crippen molar-refractivity contribution in [2.24, 2.45) is 5.92 Å². The second kappa shape index (κ2) is 12.5. The lowest BCUT2D eigenvalue weighted by molar-refractivity contribution is -0.200. The van der Waals surface area contributed by atoms with E-state index in [1.807, 2.05) is 30.3 Å². The van der Waals surface area contributed by atoms with Crippen LogP contribution >= 0.6 is 0 Å². The van der Waals surface area contributed by atoms with Crippen LogP contribution < -0.4 is 0 Å². The van der Waals surface area contributed by atoms with Gasteiger partial charge in [-0.25, -0.2) is 0 Å². The standard InChI is InChI=1S/C24H30F3N.C2H3N/c1-2-16-28(18-20-7-4-3-5-8-20)17-6-9-19-10-12-21(13-11-19)22-14-15-23(22)24(25,26)27;1-2-3/h3-5,7-8,10-13,22-23H,2,6,9,14-18H2,1H3;1H3. The summed E-state index contributed by atoms with van der Waals surface area (Å²) in [5.74, 6) is -1.50. The Balaban J connectivity index is 0.00000107. The highest BCUT2D eigenvalue weighted by Crippen LogP contribution is 2.50. The van der Waals surface area contributed by atoms with E-state index < -0.39 is 12.1 Å². The normalized spacial score (nSPS) is 18.0. The highest BCUT2D eigenvalue weighted by molar-refractivity contribution is 5.28. The molecule has 1 fully saturated rings. The van der Waals surface area contributed by atoms with E-state index >= 15 is 0 Å². The van der Waals surface area contributed by atoms with Crippen LogP contribution in [0, 0.1) is 17.2 Å². The summed E-state index contributed by atoms with van der Waals surface area (Å²) in [6, 6.07) is 20.1. The summed E-state index contributed by atoms with van der Waals surface area (Å²) in [7, 11) is 0. The number of hydrogen-bond acceptors (Lipinski definition) is 2. The average molecular weight is 431 g/mol. The van der Waals surface area contributed by atoms with Crippen molar-refractivity contribution in [1.29, 1.82) is 5.26 Å². The van der Waals surface area contributed by atoms with Gasteiger partial charge in [-0.2, -0.15) is 18.4 Å². The molecule has 2 unspecified atom stereocenters. The highest BCUT2D eigenvalue weighted by Gasteiger charge is 2.50. The number of nitrogens with zero attached hydrogens (tertiary/aromatic N) is 2. The Hall–Kier alpha value is -2.32. The summed E-state index contributed by atoms with van der Waals surface area (Å²) in [6.45, 7) is 6.71. The van der Waals surface area contributed by atoms with Crippen LogP contribution in [0.3, 0.4) is 0 Å². The Bertz CT molecular complexity index is 794. The third-order valence-electron chi connectivity index (χ3n) is 5.83. The van der Waals surface area contributed by atoms with E-state index in [-0.39, 0.29) is 12.3 Å². The third kappa shape index (κ3) is 8.03. The molecule has 0 N–H and O–H groups in total. The summed E-state index contributed by atoms with van der Waals surface area (Å²) in [5.41, 5.74) is 3.39. The Morgan fingerprint density at radius 1 is 0.968 bits per heavy atom. The molecule has 3 rings (SSSR count). The van der Waals surface area contributed by atoms with Crippen LogP contribution in [-0.2, 0) is 13.0 Å². The fourth-order valence-corrected chi connectivity index (χ4v) is 4.16. The maximum atomic E-state index is 13.0. The number of alkyl halides is 3. The first-order valence-electron chi connectivity index (χ1n) is 11.1. The topological polar surface area (TPSA) is 27.0 Å². The monoisotopic (exact) mass is 430 g/mol. The van der Waals surface area contributed by atoms with Crippen molar-refractivity contribution < 1.29 is 13.2 Å². The highest BCUT2D eigenvalue weighted by atomic mass is 19.4. The molecule has 2 nitrogen and oxygen atoms in total. The third-order valence-corrected chi connectivity index (χ3v) is 5.83. The van der Waals surface area contributed by atoms with Crippen LogP contribution in [0.4, 0.5) is 13.2 Å². The second-order valence-corrected chi connectivity index (χ2v) is 8.16. The molecule has 2 atom stereocenters. The maximum absolute atomic E-state index is 13.0. The molecule has 2 aromatic carbocycles. The molecule has 0 heterocycles. The Morgan fingerprint density at radius 3 is 2.13 bits per heavy atom. The molecule has 0 aliphatic heterocycles. The molecule has 5 heteroatoms. The van der Waals surface area contributed by atoms with E-state index in [2.05, 4.69) is 36.1 Å². The first kappa shape index (κ1) is 24.9. The lowest BCUT2D eigenvalue weighted by Gasteiger charge is -2.38. The largest absolute Gasteiger partial charge is 0.392 e. The molecule has 0 spiro atoms. The fraction of sp³-hybridized carbons (Fsp3) is 0.500. The van der Waals surface area contributed by atoms with Gasteiger partial charge in [0.2, 0.25) is 0 Å². The molecular weight excluding hydrogens is 397 g/mol. The van der Waals surface area contributed by atoms with Gasteiger partial charge in [-0.05, 0) is 67.8 Å². The van der Waals surface area contributed by atoms with Gasteiger partial charge in [0.25, 0.3) is 0 Å². The zero-order chi connectivity index (χ0) is 22.7. The first-order chi connectivity index (χ1) is 14.9. The average Bonchev–Trinajstić information content (AvgIpc) is 2.69. The molecule has 1 aliphatic rings. The van der Waals surface area contributed by atoms with Crippen LogP contribution in [0.2, 0.25) is 0 Å². The predicted molar refractivity (Wildman–Crippen MR) is 120 cm³/mol. The van der Waals surface area contributed by atoms with Crippen molar-refractivity contribution >= 4 is 0 Å². The van der Waals surface area contributed by atoms with Gasteiger partial charge < -0.3 is 0 Å². The number of benzene rings is 2. The van der Waals surface area contributed by atoms with Crippen LogP contribution in [0.5, 0.6) is 0 Å². The molecule has 31 heavy (non-hydrogen) atoms. The molecule has 0 radical (unpaired) electrons. The Kier molecular flexibility index (Phi) is 10.1. The predicted octanol–water partition coefficient (Wildman–Crippen LogP) is 7.12. The minimum absolute atomic E-state index is 0.268. The molecule has 0 aromatic heterocycles. The second-order valence-electron chi connectivity index (χ2n) is 8.16. The fourth-order valence-electron chi connectivity index (χ4n) is 4.16. The molecular formula is C26H33F3N2. The summed E-state index contributed by atoms with van der Waals surface area (Å²) < 4.78 is 38.9. The van der Waals surface area contributed by atoms with E-state index in [0.29, 0.717) is 6.42 Å². The SMILES string of the molecule is CC#N.CCCN(CCCc1ccc(C2CCC2C(F)(F)F)cc1)Cc1ccccc1. The summed E-state index contributed by atoms with van der Waals surface area (Å²) >= 11 is 0. The molecule has 0 amide bonds. The van der Waals surface area contributed by atoms with Crippen LogP contribution in [0.25, 0.3) is 0 Å². The number of nitriles is 1. The molecule has 2 aromatic rings. The minimum atomic E-state index is -4.07. The van der Waals surface area contributed by atoms with Gasteiger partial charge in [0, 0.05) is 13.5 Å². The van der Waals surface area contributed by atoms with Gasteiger partial charge in [-0.15, -0.1) is 0 Å².